The SMILES string of the molecule is Cc1ccccc1C1(C(=O)Nc2ccn(-c3ccccc3F)n2)CC1. The molecule has 1 aliphatic rings. The molecule has 1 heterocycles. The smallest absolute Gasteiger partial charge is 0.236 e. The molecule has 0 bridgehead atoms. The summed E-state index contributed by atoms with van der Waals surface area (Å²) < 4.78 is 15.3. The van der Waals surface area contributed by atoms with Crippen LogP contribution in [0.4, 0.5) is 10.2 Å². The first-order chi connectivity index (χ1) is 12.1. The second-order valence-electron chi connectivity index (χ2n) is 6.45. The zero-order valence-corrected chi connectivity index (χ0v) is 13.9. The molecule has 0 spiro atoms. The normalized spacial score (nSPS) is 15.0. The molecule has 25 heavy (non-hydrogen) atoms. The van der Waals surface area contributed by atoms with Crippen molar-refractivity contribution in [2.45, 2.75) is 25.2 Å². The molecule has 1 fully saturated rings. The van der Waals surface area contributed by atoms with Gasteiger partial charge in [0.05, 0.1) is 5.41 Å². The number of carbonyl (C=O) groups is 1. The first-order valence-corrected chi connectivity index (χ1v) is 8.28. The quantitative estimate of drug-likeness (QED) is 0.784. The molecule has 1 saturated carbocycles. The third-order valence-corrected chi connectivity index (χ3v) is 4.78. The highest BCUT2D eigenvalue weighted by molar-refractivity contribution is 6.01. The molecule has 1 amide bonds. The lowest BCUT2D eigenvalue weighted by Crippen LogP contribution is -2.28. The number of halogens is 1. The van der Waals surface area contributed by atoms with Gasteiger partial charge in [-0.2, -0.15) is 0 Å². The number of carbonyl (C=O) groups excluding carboxylic acids is 1. The van der Waals surface area contributed by atoms with E-state index in [2.05, 4.69) is 10.4 Å². The first-order valence-electron chi connectivity index (χ1n) is 8.28. The van der Waals surface area contributed by atoms with Crippen molar-refractivity contribution < 1.29 is 9.18 Å². The minimum atomic E-state index is -0.465. The number of nitrogens with zero attached hydrogens (tertiary/aromatic N) is 2. The standard InChI is InChI=1S/C20H18FN3O/c1-14-6-2-3-7-15(14)20(11-12-20)19(25)22-18-10-13-24(23-18)17-9-5-4-8-16(17)21/h2-10,13H,11-12H2,1H3,(H,22,23,25). The minimum Gasteiger partial charge on any atom is -0.308 e. The average Bonchev–Trinajstić information content (AvgIpc) is 3.29. The van der Waals surface area contributed by atoms with Crippen LogP contribution in [0.25, 0.3) is 5.69 Å². The van der Waals surface area contributed by atoms with Gasteiger partial charge in [0.15, 0.2) is 5.82 Å². The third kappa shape index (κ3) is 2.71. The molecular formula is C20H18FN3O. The fourth-order valence-electron chi connectivity index (χ4n) is 3.25. The fourth-order valence-corrected chi connectivity index (χ4v) is 3.25. The van der Waals surface area contributed by atoms with Crippen molar-refractivity contribution in [3.8, 4) is 5.69 Å². The molecule has 5 heteroatoms. The zero-order chi connectivity index (χ0) is 17.4. The molecule has 126 valence electrons. The van der Waals surface area contributed by atoms with Crippen LogP contribution in [0, 0.1) is 12.7 Å². The number of aromatic nitrogens is 2. The predicted molar refractivity (Wildman–Crippen MR) is 94.2 cm³/mol. The Morgan fingerprint density at radius 3 is 2.56 bits per heavy atom. The van der Waals surface area contributed by atoms with Crippen LogP contribution in [0.2, 0.25) is 0 Å². The maximum Gasteiger partial charge on any atom is 0.236 e. The lowest BCUT2D eigenvalue weighted by Gasteiger charge is -2.17. The number of benzene rings is 2. The van der Waals surface area contributed by atoms with Gasteiger partial charge in [0, 0.05) is 12.3 Å². The maximum absolute atomic E-state index is 13.9. The molecule has 1 aliphatic carbocycles. The molecule has 1 N–H and O–H groups in total. The Bertz CT molecular complexity index is 943. The summed E-state index contributed by atoms with van der Waals surface area (Å²) in [4.78, 5) is 12.8. The van der Waals surface area contributed by atoms with Gasteiger partial charge in [0.2, 0.25) is 5.91 Å². The number of anilines is 1. The third-order valence-electron chi connectivity index (χ3n) is 4.78. The molecule has 1 aromatic heterocycles. The van der Waals surface area contributed by atoms with E-state index >= 15 is 0 Å². The van der Waals surface area contributed by atoms with Gasteiger partial charge in [0.25, 0.3) is 0 Å². The topological polar surface area (TPSA) is 46.9 Å². The number of hydrogen-bond acceptors (Lipinski definition) is 2. The van der Waals surface area contributed by atoms with Crippen LogP contribution in [-0.2, 0) is 10.2 Å². The van der Waals surface area contributed by atoms with E-state index < -0.39 is 5.41 Å². The highest BCUT2D eigenvalue weighted by Gasteiger charge is 2.52. The molecule has 0 saturated heterocycles. The van der Waals surface area contributed by atoms with Gasteiger partial charge in [-0.1, -0.05) is 36.4 Å². The maximum atomic E-state index is 13.9. The van der Waals surface area contributed by atoms with E-state index in [0.29, 0.717) is 11.5 Å². The number of para-hydroxylation sites is 1. The molecule has 4 nitrogen and oxygen atoms in total. The van der Waals surface area contributed by atoms with E-state index in [1.807, 2.05) is 31.2 Å². The second-order valence-corrected chi connectivity index (χ2v) is 6.45. The van der Waals surface area contributed by atoms with Crippen molar-refractivity contribution >= 4 is 11.7 Å². The Morgan fingerprint density at radius 1 is 1.12 bits per heavy atom. The summed E-state index contributed by atoms with van der Waals surface area (Å²) in [6.45, 7) is 2.02. The number of rotatable bonds is 4. The van der Waals surface area contributed by atoms with E-state index in [4.69, 9.17) is 0 Å². The zero-order valence-electron chi connectivity index (χ0n) is 13.9. The van der Waals surface area contributed by atoms with Crippen LogP contribution in [0.15, 0.2) is 60.8 Å². The number of hydrogen-bond donors (Lipinski definition) is 1. The molecule has 4 rings (SSSR count). The Hall–Kier alpha value is -2.95. The van der Waals surface area contributed by atoms with Gasteiger partial charge in [-0.25, -0.2) is 9.07 Å². The van der Waals surface area contributed by atoms with E-state index in [1.165, 1.54) is 10.7 Å². The van der Waals surface area contributed by atoms with E-state index in [-0.39, 0.29) is 11.7 Å². The summed E-state index contributed by atoms with van der Waals surface area (Å²) in [6.07, 6.45) is 3.30. The van der Waals surface area contributed by atoms with Crippen LogP contribution in [0.1, 0.15) is 24.0 Å². The van der Waals surface area contributed by atoms with Crippen molar-refractivity contribution in [3.05, 3.63) is 77.7 Å². The first kappa shape index (κ1) is 15.6. The summed E-state index contributed by atoms with van der Waals surface area (Å²) in [7, 11) is 0. The highest BCUT2D eigenvalue weighted by Crippen LogP contribution is 2.50. The van der Waals surface area contributed by atoms with Crippen LogP contribution >= 0.6 is 0 Å². The lowest BCUT2D eigenvalue weighted by atomic mass is 9.91. The van der Waals surface area contributed by atoms with Crippen molar-refractivity contribution in [1.29, 1.82) is 0 Å². The number of nitrogens with one attached hydrogen (secondary N) is 1. The van der Waals surface area contributed by atoms with Gasteiger partial charge in [-0.05, 0) is 43.0 Å². The Kier molecular flexibility index (Phi) is 3.64. The summed E-state index contributed by atoms with van der Waals surface area (Å²) in [5.41, 5.74) is 2.07. The van der Waals surface area contributed by atoms with Crippen molar-refractivity contribution in [1.82, 2.24) is 9.78 Å². The molecule has 0 aliphatic heterocycles. The predicted octanol–water partition coefficient (Wildman–Crippen LogP) is 3.99. The summed E-state index contributed by atoms with van der Waals surface area (Å²) in [5, 5.41) is 7.17. The van der Waals surface area contributed by atoms with E-state index in [1.54, 1.807) is 30.5 Å². The van der Waals surface area contributed by atoms with E-state index in [9.17, 15) is 9.18 Å². The van der Waals surface area contributed by atoms with Gasteiger partial charge in [-0.3, -0.25) is 4.79 Å². The minimum absolute atomic E-state index is 0.0550. The largest absolute Gasteiger partial charge is 0.308 e. The van der Waals surface area contributed by atoms with Crippen LogP contribution in [0.5, 0.6) is 0 Å². The van der Waals surface area contributed by atoms with Crippen molar-refractivity contribution in [2.75, 3.05) is 5.32 Å². The lowest BCUT2D eigenvalue weighted by molar-refractivity contribution is -0.118. The van der Waals surface area contributed by atoms with E-state index in [0.717, 1.165) is 24.0 Å². The van der Waals surface area contributed by atoms with Crippen molar-refractivity contribution in [3.63, 3.8) is 0 Å². The molecule has 3 aromatic rings. The van der Waals surface area contributed by atoms with Gasteiger partial charge < -0.3 is 5.32 Å². The fraction of sp³-hybridized carbons (Fsp3) is 0.200. The second kappa shape index (κ2) is 5.84. The average molecular weight is 335 g/mol. The molecule has 0 radical (unpaired) electrons. The molecule has 0 atom stereocenters. The monoisotopic (exact) mass is 335 g/mol. The highest BCUT2D eigenvalue weighted by atomic mass is 19.1. The van der Waals surface area contributed by atoms with Gasteiger partial charge >= 0.3 is 0 Å². The van der Waals surface area contributed by atoms with Crippen molar-refractivity contribution in [2.24, 2.45) is 0 Å². The number of amides is 1. The summed E-state index contributed by atoms with van der Waals surface area (Å²) >= 11 is 0. The van der Waals surface area contributed by atoms with Gasteiger partial charge in [0.1, 0.15) is 11.5 Å². The molecule has 2 aromatic carbocycles. The van der Waals surface area contributed by atoms with Crippen LogP contribution in [-0.4, -0.2) is 15.7 Å². The van der Waals surface area contributed by atoms with Crippen LogP contribution in [0.3, 0.4) is 0 Å². The Labute approximate surface area is 145 Å². The molecule has 0 unspecified atom stereocenters. The Morgan fingerprint density at radius 2 is 1.84 bits per heavy atom. The number of aryl methyl sites for hydroxylation is 1. The Balaban J connectivity index is 1.57. The van der Waals surface area contributed by atoms with Crippen LogP contribution < -0.4 is 5.32 Å². The molecular weight excluding hydrogens is 317 g/mol. The summed E-state index contributed by atoms with van der Waals surface area (Å²) in [5.74, 6) is 0.00995. The van der Waals surface area contributed by atoms with Gasteiger partial charge in [-0.15, -0.1) is 5.10 Å². The summed E-state index contributed by atoms with van der Waals surface area (Å²) in [6, 6.07) is 16.1.